The summed E-state index contributed by atoms with van der Waals surface area (Å²) in [5, 5.41) is 0.0334. The van der Waals surface area contributed by atoms with Gasteiger partial charge in [-0.15, -0.1) is 0 Å². The van der Waals surface area contributed by atoms with Gasteiger partial charge in [0.15, 0.2) is 0 Å². The molecule has 1 aliphatic heterocycles. The quantitative estimate of drug-likeness (QED) is 0.630. The van der Waals surface area contributed by atoms with E-state index in [4.69, 9.17) is 9.15 Å². The monoisotopic (exact) mass is 395 g/mol. The zero-order valence-electron chi connectivity index (χ0n) is 16.5. The molecular weight excluding hydrogens is 374 g/mol. The number of ether oxygens (including phenoxy) is 1. The van der Waals surface area contributed by atoms with Gasteiger partial charge in [-0.05, 0) is 38.8 Å². The predicted molar refractivity (Wildman–Crippen MR) is 106 cm³/mol. The Balaban J connectivity index is 1.71. The number of nitrogens with zero attached hydrogens (tertiary/aromatic N) is 3. The van der Waals surface area contributed by atoms with E-state index in [9.17, 15) is 14.4 Å². The normalized spacial score (nSPS) is 15.6. The first-order chi connectivity index (χ1) is 13.9. The Hall–Kier alpha value is -3.42. The second kappa shape index (κ2) is 7.20. The highest BCUT2D eigenvalue weighted by Gasteiger charge is 2.31. The zero-order valence-corrected chi connectivity index (χ0v) is 16.5. The number of hydrogen-bond donors (Lipinski definition) is 0. The minimum Gasteiger partial charge on any atom is -0.462 e. The Morgan fingerprint density at radius 3 is 2.83 bits per heavy atom. The van der Waals surface area contributed by atoms with Crippen molar-refractivity contribution in [2.45, 2.75) is 39.8 Å². The number of aromatic nitrogens is 2. The van der Waals surface area contributed by atoms with Crippen molar-refractivity contribution in [1.29, 1.82) is 0 Å². The van der Waals surface area contributed by atoms with Gasteiger partial charge in [-0.1, -0.05) is 18.2 Å². The number of anilines is 1. The summed E-state index contributed by atoms with van der Waals surface area (Å²) in [5.74, 6) is -0.605. The predicted octanol–water partition coefficient (Wildman–Crippen LogP) is 2.45. The van der Waals surface area contributed by atoms with Crippen LogP contribution in [0.1, 0.15) is 35.5 Å². The van der Waals surface area contributed by atoms with Gasteiger partial charge in [0.25, 0.3) is 5.56 Å². The van der Waals surface area contributed by atoms with Crippen LogP contribution in [0.2, 0.25) is 0 Å². The number of fused-ring (bicyclic) bond motifs is 2. The molecule has 8 heteroatoms. The number of carbonyl (C=O) groups excluding carboxylic acids is 2. The first-order valence-electron chi connectivity index (χ1n) is 9.48. The molecule has 150 valence electrons. The van der Waals surface area contributed by atoms with Crippen LogP contribution < -0.4 is 10.5 Å². The van der Waals surface area contributed by atoms with Gasteiger partial charge in [0.2, 0.25) is 11.6 Å². The number of hydrogen-bond acceptors (Lipinski definition) is 6. The summed E-state index contributed by atoms with van der Waals surface area (Å²) in [6, 6.07) is 7.73. The average Bonchev–Trinajstić information content (AvgIpc) is 3.20. The SMILES string of the molecule is CCOC(=O)c1c(C)oc2ncn(CC(=O)N3c4ccccc4C[C@H]3C)c(=O)c12. The minimum atomic E-state index is -0.645. The van der Waals surface area contributed by atoms with Crippen molar-refractivity contribution in [2.75, 3.05) is 11.5 Å². The molecule has 1 aromatic carbocycles. The Morgan fingerprint density at radius 2 is 2.07 bits per heavy atom. The smallest absolute Gasteiger partial charge is 0.342 e. The van der Waals surface area contributed by atoms with E-state index < -0.39 is 11.5 Å². The van der Waals surface area contributed by atoms with Gasteiger partial charge >= 0.3 is 5.97 Å². The maximum absolute atomic E-state index is 13.0. The van der Waals surface area contributed by atoms with Gasteiger partial charge in [0.05, 0.1) is 6.61 Å². The van der Waals surface area contributed by atoms with Gasteiger partial charge in [0.1, 0.15) is 29.6 Å². The minimum absolute atomic E-state index is 0.00134. The van der Waals surface area contributed by atoms with Crippen molar-refractivity contribution in [3.05, 3.63) is 57.8 Å². The third-order valence-corrected chi connectivity index (χ3v) is 5.12. The van der Waals surface area contributed by atoms with Crippen LogP contribution in [0.15, 0.2) is 39.8 Å². The third kappa shape index (κ3) is 3.10. The van der Waals surface area contributed by atoms with E-state index in [1.807, 2.05) is 31.2 Å². The van der Waals surface area contributed by atoms with Crippen molar-refractivity contribution in [1.82, 2.24) is 9.55 Å². The number of furan rings is 1. The molecule has 0 bridgehead atoms. The number of aryl methyl sites for hydroxylation is 1. The molecule has 0 saturated carbocycles. The first kappa shape index (κ1) is 18.9. The summed E-state index contributed by atoms with van der Waals surface area (Å²) < 4.78 is 11.7. The summed E-state index contributed by atoms with van der Waals surface area (Å²) in [6.45, 7) is 5.21. The number of rotatable bonds is 4. The maximum atomic E-state index is 13.0. The topological polar surface area (TPSA) is 94.6 Å². The van der Waals surface area contributed by atoms with Crippen LogP contribution in [0.4, 0.5) is 5.69 Å². The van der Waals surface area contributed by atoms with Gasteiger partial charge in [-0.2, -0.15) is 0 Å². The van der Waals surface area contributed by atoms with Crippen molar-refractivity contribution in [2.24, 2.45) is 0 Å². The van der Waals surface area contributed by atoms with E-state index in [0.717, 1.165) is 17.7 Å². The lowest BCUT2D eigenvalue weighted by Crippen LogP contribution is -2.40. The van der Waals surface area contributed by atoms with Crippen molar-refractivity contribution in [3.8, 4) is 0 Å². The molecule has 0 unspecified atom stereocenters. The Kier molecular flexibility index (Phi) is 4.70. The van der Waals surface area contributed by atoms with E-state index in [1.165, 1.54) is 10.9 Å². The van der Waals surface area contributed by atoms with Crippen LogP contribution in [-0.2, 0) is 22.5 Å². The highest BCUT2D eigenvalue weighted by molar-refractivity contribution is 6.03. The second-order valence-corrected chi connectivity index (χ2v) is 7.06. The summed E-state index contributed by atoms with van der Waals surface area (Å²) in [5.41, 5.74) is 1.56. The molecule has 2 aromatic heterocycles. The Morgan fingerprint density at radius 1 is 1.31 bits per heavy atom. The summed E-state index contributed by atoms with van der Waals surface area (Å²) in [7, 11) is 0. The number of amides is 1. The number of carbonyl (C=O) groups is 2. The molecular formula is C21H21N3O5. The van der Waals surface area contributed by atoms with E-state index in [0.29, 0.717) is 0 Å². The van der Waals surface area contributed by atoms with Crippen molar-refractivity contribution < 1.29 is 18.7 Å². The molecule has 29 heavy (non-hydrogen) atoms. The van der Waals surface area contributed by atoms with E-state index in [2.05, 4.69) is 4.98 Å². The lowest BCUT2D eigenvalue weighted by Gasteiger charge is -2.23. The van der Waals surface area contributed by atoms with Crippen LogP contribution in [0.3, 0.4) is 0 Å². The molecule has 1 atom stereocenters. The highest BCUT2D eigenvalue weighted by Crippen LogP contribution is 2.32. The number of benzene rings is 1. The van der Waals surface area contributed by atoms with Crippen molar-refractivity contribution in [3.63, 3.8) is 0 Å². The van der Waals surface area contributed by atoms with Gasteiger partial charge in [0, 0.05) is 11.7 Å². The lowest BCUT2D eigenvalue weighted by molar-refractivity contribution is -0.119. The van der Waals surface area contributed by atoms with Crippen LogP contribution >= 0.6 is 0 Å². The summed E-state index contributed by atoms with van der Waals surface area (Å²) in [4.78, 5) is 44.2. The third-order valence-electron chi connectivity index (χ3n) is 5.12. The van der Waals surface area contributed by atoms with Gasteiger partial charge in [-0.25, -0.2) is 9.78 Å². The number of para-hydroxylation sites is 1. The van der Waals surface area contributed by atoms with Crippen LogP contribution in [-0.4, -0.2) is 34.1 Å². The molecule has 0 N–H and O–H groups in total. The van der Waals surface area contributed by atoms with Crippen molar-refractivity contribution >= 4 is 28.7 Å². The molecule has 8 nitrogen and oxygen atoms in total. The van der Waals surface area contributed by atoms with Crippen LogP contribution in [0, 0.1) is 6.92 Å². The van der Waals surface area contributed by atoms with Gasteiger partial charge < -0.3 is 14.1 Å². The number of esters is 1. The molecule has 0 aliphatic carbocycles. The second-order valence-electron chi connectivity index (χ2n) is 7.06. The van der Waals surface area contributed by atoms with E-state index in [-0.39, 0.29) is 47.5 Å². The Labute approximate surface area is 166 Å². The molecule has 4 rings (SSSR count). The molecule has 0 spiro atoms. The molecule has 0 radical (unpaired) electrons. The zero-order chi connectivity index (χ0) is 20.7. The fourth-order valence-corrected chi connectivity index (χ4v) is 3.87. The first-order valence-corrected chi connectivity index (χ1v) is 9.48. The lowest BCUT2D eigenvalue weighted by atomic mass is 10.1. The van der Waals surface area contributed by atoms with Crippen LogP contribution in [0.25, 0.3) is 11.1 Å². The fraction of sp³-hybridized carbons (Fsp3) is 0.333. The summed E-state index contributed by atoms with van der Waals surface area (Å²) in [6.07, 6.45) is 2.04. The summed E-state index contributed by atoms with van der Waals surface area (Å²) >= 11 is 0. The molecule has 3 heterocycles. The maximum Gasteiger partial charge on any atom is 0.342 e. The average molecular weight is 395 g/mol. The molecule has 0 fully saturated rings. The molecule has 1 amide bonds. The van der Waals surface area contributed by atoms with Crippen LogP contribution in [0.5, 0.6) is 0 Å². The molecule has 3 aromatic rings. The molecule has 1 aliphatic rings. The Bertz CT molecular complexity index is 1180. The largest absolute Gasteiger partial charge is 0.462 e. The van der Waals surface area contributed by atoms with Gasteiger partial charge in [-0.3, -0.25) is 14.2 Å². The van der Waals surface area contributed by atoms with E-state index >= 15 is 0 Å². The fourth-order valence-electron chi connectivity index (χ4n) is 3.87. The highest BCUT2D eigenvalue weighted by atomic mass is 16.5. The van der Waals surface area contributed by atoms with E-state index in [1.54, 1.807) is 18.7 Å². The standard InChI is InChI=1S/C21H21N3O5/c1-4-28-21(27)17-13(3)29-19-18(17)20(26)23(11-22-19)10-16(25)24-12(2)9-14-7-5-6-8-15(14)24/h5-8,11-12H,4,9-10H2,1-3H3/t12-/m1/s1. The molecule has 0 saturated heterocycles.